The molecule has 144 valence electrons. The molecule has 28 heavy (non-hydrogen) atoms. The number of carbonyl (C=O) groups excluding carboxylic acids is 1. The van der Waals surface area contributed by atoms with Gasteiger partial charge in [-0.3, -0.25) is 0 Å². The summed E-state index contributed by atoms with van der Waals surface area (Å²) < 4.78 is 44.7. The molecule has 0 saturated carbocycles. The van der Waals surface area contributed by atoms with Crippen LogP contribution >= 0.6 is 23.0 Å². The van der Waals surface area contributed by atoms with Gasteiger partial charge in [0.1, 0.15) is 0 Å². The average molecular weight is 499 g/mol. The van der Waals surface area contributed by atoms with E-state index in [2.05, 4.69) is 9.79 Å². The van der Waals surface area contributed by atoms with Gasteiger partial charge in [0, 0.05) is 0 Å². The number of halogens is 4. The SMILES string of the molecule is O=C(c1ccccc1C(F)(F)F)N1CC2=C(C1)CN(c1ccc(OI)bn1)C2. The molecule has 10 heteroatoms. The quantitative estimate of drug-likeness (QED) is 0.480. The van der Waals surface area contributed by atoms with Crippen LogP contribution in [0.2, 0.25) is 0 Å². The third-order valence-electron chi connectivity index (χ3n) is 4.91. The van der Waals surface area contributed by atoms with Gasteiger partial charge in [0.25, 0.3) is 0 Å². The van der Waals surface area contributed by atoms with Crippen molar-refractivity contribution in [2.45, 2.75) is 6.18 Å². The Balaban J connectivity index is 1.45. The van der Waals surface area contributed by atoms with Crippen LogP contribution in [-0.4, -0.2) is 48.9 Å². The number of aromatic nitrogens is 1. The molecule has 1 aromatic carbocycles. The van der Waals surface area contributed by atoms with Crippen molar-refractivity contribution in [2.75, 3.05) is 31.1 Å². The number of rotatable bonds is 3. The van der Waals surface area contributed by atoms with Gasteiger partial charge in [-0.05, 0) is 0 Å². The van der Waals surface area contributed by atoms with E-state index in [4.69, 9.17) is 3.07 Å². The monoisotopic (exact) mass is 499 g/mol. The van der Waals surface area contributed by atoms with Crippen LogP contribution in [0.15, 0.2) is 47.5 Å². The fraction of sp³-hybridized carbons (Fsp3) is 0.278. The molecule has 2 aliphatic rings. The van der Waals surface area contributed by atoms with Gasteiger partial charge >= 0.3 is 174 Å². The summed E-state index contributed by atoms with van der Waals surface area (Å²) in [4.78, 5) is 20.6. The third kappa shape index (κ3) is 3.61. The summed E-state index contributed by atoms with van der Waals surface area (Å²) >= 11 is 1.79. The van der Waals surface area contributed by atoms with Crippen molar-refractivity contribution in [1.29, 1.82) is 0 Å². The Labute approximate surface area is 174 Å². The van der Waals surface area contributed by atoms with E-state index in [-0.39, 0.29) is 5.56 Å². The Bertz CT molecular complexity index is 932. The Morgan fingerprint density at radius 2 is 1.75 bits per heavy atom. The van der Waals surface area contributed by atoms with Gasteiger partial charge in [0.05, 0.1) is 0 Å². The van der Waals surface area contributed by atoms with Crippen LogP contribution in [0.3, 0.4) is 0 Å². The summed E-state index contributed by atoms with van der Waals surface area (Å²) in [6.45, 7) is 1.90. The number of carbonyl (C=O) groups is 1. The van der Waals surface area contributed by atoms with Gasteiger partial charge in [0.15, 0.2) is 0 Å². The predicted molar refractivity (Wildman–Crippen MR) is 107 cm³/mol. The summed E-state index contributed by atoms with van der Waals surface area (Å²) in [5, 5.41) is 0. The van der Waals surface area contributed by atoms with Crippen LogP contribution in [-0.2, 0) is 6.18 Å². The van der Waals surface area contributed by atoms with Crippen molar-refractivity contribution in [1.82, 2.24) is 9.79 Å². The van der Waals surface area contributed by atoms with E-state index >= 15 is 0 Å². The number of hydrogen-bond acceptors (Lipinski definition) is 4. The van der Waals surface area contributed by atoms with E-state index in [1.165, 1.54) is 23.1 Å². The normalized spacial score (nSPS) is 16.4. The number of anilines is 1. The minimum absolute atomic E-state index is 0.302. The summed E-state index contributed by atoms with van der Waals surface area (Å²) in [7, 11) is 1.63. The Morgan fingerprint density at radius 3 is 2.32 bits per heavy atom. The van der Waals surface area contributed by atoms with Crippen molar-refractivity contribution in [3.63, 3.8) is 0 Å². The number of alkyl halides is 3. The zero-order chi connectivity index (χ0) is 19.9. The molecule has 0 saturated heterocycles. The van der Waals surface area contributed by atoms with E-state index in [1.807, 2.05) is 12.1 Å². The van der Waals surface area contributed by atoms with Crippen LogP contribution in [0.4, 0.5) is 19.0 Å². The van der Waals surface area contributed by atoms with Gasteiger partial charge in [0.2, 0.25) is 0 Å². The molecule has 5 nitrogen and oxygen atoms in total. The van der Waals surface area contributed by atoms with Crippen LogP contribution in [0.5, 0.6) is 5.64 Å². The summed E-state index contributed by atoms with van der Waals surface area (Å²) in [6, 6.07) is 8.61. The van der Waals surface area contributed by atoms with Gasteiger partial charge in [-0.2, -0.15) is 0 Å². The molecule has 0 radical (unpaired) electrons. The topological polar surface area (TPSA) is 45.7 Å². The van der Waals surface area contributed by atoms with Crippen LogP contribution in [0.25, 0.3) is 0 Å². The molecule has 0 spiro atoms. The van der Waals surface area contributed by atoms with E-state index < -0.39 is 17.6 Å². The summed E-state index contributed by atoms with van der Waals surface area (Å²) in [5.41, 5.74) is 1.59. The van der Waals surface area contributed by atoms with E-state index in [0.717, 1.165) is 23.0 Å². The second kappa shape index (κ2) is 7.38. The molecule has 0 bridgehead atoms. The number of benzene rings is 1. The van der Waals surface area contributed by atoms with Crippen LogP contribution in [0.1, 0.15) is 15.9 Å². The molecule has 0 atom stereocenters. The molecular weight excluding hydrogens is 485 g/mol. The molecule has 0 fully saturated rings. The molecule has 0 aliphatic carbocycles. The van der Waals surface area contributed by atoms with Crippen LogP contribution < -0.4 is 7.97 Å². The first kappa shape index (κ1) is 19.2. The van der Waals surface area contributed by atoms with Crippen LogP contribution in [0, 0.1) is 0 Å². The molecule has 2 aliphatic heterocycles. The average Bonchev–Trinajstić information content (AvgIpc) is 3.26. The van der Waals surface area contributed by atoms with Gasteiger partial charge in [-0.1, -0.05) is 0 Å². The minimum atomic E-state index is -4.56. The van der Waals surface area contributed by atoms with Gasteiger partial charge in [-0.15, -0.1) is 0 Å². The molecule has 0 unspecified atom stereocenters. The molecular formula is C18H14BF3IN3O2. The van der Waals surface area contributed by atoms with E-state index in [1.54, 1.807) is 30.1 Å². The predicted octanol–water partition coefficient (Wildman–Crippen LogP) is 3.44. The molecule has 1 amide bonds. The molecule has 4 rings (SSSR count). The first-order valence-corrected chi connectivity index (χ1v) is 9.40. The van der Waals surface area contributed by atoms with Crippen molar-refractivity contribution >= 4 is 41.8 Å². The van der Waals surface area contributed by atoms with Gasteiger partial charge < -0.3 is 0 Å². The maximum absolute atomic E-state index is 13.2. The number of nitrogens with zero attached hydrogens (tertiary/aromatic N) is 3. The zero-order valence-corrected chi connectivity index (χ0v) is 16.7. The Morgan fingerprint density at radius 1 is 1.07 bits per heavy atom. The molecule has 1 aromatic heterocycles. The Kier molecular flexibility index (Phi) is 5.06. The first-order chi connectivity index (χ1) is 13.4. The summed E-state index contributed by atoms with van der Waals surface area (Å²) in [6.07, 6.45) is -4.56. The molecule has 2 aromatic rings. The second-order valence-electron chi connectivity index (χ2n) is 6.70. The molecule has 0 N–H and O–H groups in total. The van der Waals surface area contributed by atoms with Crippen molar-refractivity contribution in [2.24, 2.45) is 0 Å². The fourth-order valence-corrected chi connectivity index (χ4v) is 3.84. The molecule has 3 heterocycles. The van der Waals surface area contributed by atoms with E-state index in [0.29, 0.717) is 31.8 Å². The standard InChI is InChI=1S/C18H14BF3IN3O2/c20-18(21,22)14-4-2-1-3-13(14)17(27)26-9-11-7-25(8-12(11)10-26)16-6-5-15(28-23)19-24-16/h1-6H,7-10H2. The van der Waals surface area contributed by atoms with Crippen molar-refractivity contribution in [3.05, 3.63) is 58.7 Å². The zero-order valence-electron chi connectivity index (χ0n) is 14.5. The van der Waals surface area contributed by atoms with Gasteiger partial charge in [-0.25, -0.2) is 0 Å². The summed E-state index contributed by atoms with van der Waals surface area (Å²) in [5.74, 6) is 0.211. The van der Waals surface area contributed by atoms with Crippen molar-refractivity contribution < 1.29 is 21.0 Å². The fourth-order valence-electron chi connectivity index (χ4n) is 3.58. The Hall–Kier alpha value is -2.11. The maximum atomic E-state index is 13.2. The first-order valence-electron chi connectivity index (χ1n) is 8.51. The van der Waals surface area contributed by atoms with Crippen molar-refractivity contribution in [3.8, 4) is 5.64 Å². The van der Waals surface area contributed by atoms with E-state index in [9.17, 15) is 18.0 Å². The number of hydrogen-bond donors (Lipinski definition) is 0. The third-order valence-corrected chi connectivity index (χ3v) is 5.42. The number of amides is 1. The second-order valence-corrected chi connectivity index (χ2v) is 7.14.